The first kappa shape index (κ1) is 16.9. The number of anilines is 1. The molecule has 1 aromatic heterocycles. The van der Waals surface area contributed by atoms with Gasteiger partial charge in [0.15, 0.2) is 0 Å². The summed E-state index contributed by atoms with van der Waals surface area (Å²) >= 11 is 0. The minimum Gasteiger partial charge on any atom is -0.361 e. The highest BCUT2D eigenvalue weighted by molar-refractivity contribution is 5.95. The zero-order chi connectivity index (χ0) is 17.3. The predicted molar refractivity (Wildman–Crippen MR) is 87.8 cm³/mol. The van der Waals surface area contributed by atoms with E-state index < -0.39 is 12.1 Å². The van der Waals surface area contributed by atoms with Gasteiger partial charge in [0.25, 0.3) is 0 Å². The zero-order valence-corrected chi connectivity index (χ0v) is 13.6. The molecular weight excluding hydrogens is 317 g/mol. The van der Waals surface area contributed by atoms with Crippen molar-refractivity contribution in [2.75, 3.05) is 11.9 Å². The van der Waals surface area contributed by atoms with E-state index in [1.54, 1.807) is 7.05 Å². The number of rotatable bonds is 3. The van der Waals surface area contributed by atoms with Gasteiger partial charge in [-0.2, -0.15) is 13.2 Å². The normalized spacial score (nSPS) is 21.8. The molecule has 0 saturated heterocycles. The van der Waals surface area contributed by atoms with Gasteiger partial charge in [0.05, 0.1) is 5.92 Å². The van der Waals surface area contributed by atoms with Crippen LogP contribution in [0.4, 0.5) is 18.9 Å². The van der Waals surface area contributed by atoms with E-state index in [2.05, 4.69) is 4.98 Å². The number of carbonyl (C=O) groups is 1. The Morgan fingerprint density at radius 3 is 2.83 bits per heavy atom. The molecule has 1 N–H and O–H groups in total. The van der Waals surface area contributed by atoms with Crippen LogP contribution in [-0.4, -0.2) is 24.1 Å². The van der Waals surface area contributed by atoms with E-state index in [1.807, 2.05) is 30.5 Å². The van der Waals surface area contributed by atoms with E-state index in [9.17, 15) is 18.0 Å². The van der Waals surface area contributed by atoms with Gasteiger partial charge in [-0.05, 0) is 48.8 Å². The molecule has 130 valence electrons. The number of aromatic amines is 1. The van der Waals surface area contributed by atoms with Crippen LogP contribution in [-0.2, 0) is 4.79 Å². The zero-order valence-electron chi connectivity index (χ0n) is 13.6. The molecule has 1 saturated carbocycles. The molecule has 6 heteroatoms. The molecule has 24 heavy (non-hydrogen) atoms. The van der Waals surface area contributed by atoms with Gasteiger partial charge < -0.3 is 9.88 Å². The first-order valence-corrected chi connectivity index (χ1v) is 8.25. The lowest BCUT2D eigenvalue weighted by atomic mass is 9.79. The number of amides is 1. The van der Waals surface area contributed by atoms with Crippen molar-refractivity contribution in [3.05, 3.63) is 30.5 Å². The maximum Gasteiger partial charge on any atom is 0.391 e. The molecule has 1 fully saturated rings. The number of carbonyl (C=O) groups excluding carboxylic acids is 1. The van der Waals surface area contributed by atoms with Crippen molar-refractivity contribution >= 4 is 22.5 Å². The number of hydrogen-bond acceptors (Lipinski definition) is 1. The van der Waals surface area contributed by atoms with Gasteiger partial charge in [0, 0.05) is 30.9 Å². The third-order valence-corrected chi connectivity index (χ3v) is 5.01. The van der Waals surface area contributed by atoms with Crippen molar-refractivity contribution in [2.24, 2.45) is 11.8 Å². The van der Waals surface area contributed by atoms with Crippen molar-refractivity contribution in [1.82, 2.24) is 4.98 Å². The summed E-state index contributed by atoms with van der Waals surface area (Å²) in [5, 5.41) is 1.06. The van der Waals surface area contributed by atoms with Crippen LogP contribution in [0.2, 0.25) is 0 Å². The molecule has 0 spiro atoms. The van der Waals surface area contributed by atoms with Gasteiger partial charge in [0.2, 0.25) is 5.91 Å². The molecule has 0 aliphatic heterocycles. The Morgan fingerprint density at radius 1 is 1.29 bits per heavy atom. The van der Waals surface area contributed by atoms with Crippen LogP contribution in [0.5, 0.6) is 0 Å². The standard InChI is InChI=1S/C18H21F3N2O/c1-23(15-6-5-13-7-8-22-16(13)11-15)17(24)10-12-3-2-4-14(9-12)18(19,20)21/h5-8,11-12,14,22H,2-4,9-10H2,1H3. The molecule has 1 heterocycles. The quantitative estimate of drug-likeness (QED) is 0.850. The Hall–Kier alpha value is -1.98. The average molecular weight is 338 g/mol. The third-order valence-electron chi connectivity index (χ3n) is 5.01. The molecule has 3 nitrogen and oxygen atoms in total. The van der Waals surface area contributed by atoms with Crippen molar-refractivity contribution in [2.45, 2.75) is 38.3 Å². The van der Waals surface area contributed by atoms with Crippen molar-refractivity contribution < 1.29 is 18.0 Å². The summed E-state index contributed by atoms with van der Waals surface area (Å²) in [6, 6.07) is 7.60. The fourth-order valence-electron chi connectivity index (χ4n) is 3.55. The molecule has 1 aliphatic rings. The fourth-order valence-corrected chi connectivity index (χ4v) is 3.55. The minimum atomic E-state index is -4.15. The Balaban J connectivity index is 1.65. The van der Waals surface area contributed by atoms with E-state index in [-0.39, 0.29) is 31.1 Å². The van der Waals surface area contributed by atoms with Crippen LogP contribution in [0.3, 0.4) is 0 Å². The summed E-state index contributed by atoms with van der Waals surface area (Å²) in [4.78, 5) is 17.1. The van der Waals surface area contributed by atoms with E-state index in [0.29, 0.717) is 12.8 Å². The number of halogens is 3. The number of aromatic nitrogens is 1. The number of H-pyrrole nitrogens is 1. The van der Waals surface area contributed by atoms with Crippen LogP contribution >= 0.6 is 0 Å². The van der Waals surface area contributed by atoms with E-state index in [1.165, 1.54) is 4.90 Å². The lowest BCUT2D eigenvalue weighted by molar-refractivity contribution is -0.186. The fraction of sp³-hybridized carbons (Fsp3) is 0.500. The lowest BCUT2D eigenvalue weighted by Crippen LogP contribution is -2.33. The molecule has 2 aromatic rings. The highest BCUT2D eigenvalue weighted by Crippen LogP contribution is 2.41. The summed E-state index contributed by atoms with van der Waals surface area (Å²) in [7, 11) is 1.68. The number of hydrogen-bond donors (Lipinski definition) is 1. The van der Waals surface area contributed by atoms with Crippen molar-refractivity contribution in [3.8, 4) is 0 Å². The Morgan fingerprint density at radius 2 is 2.08 bits per heavy atom. The highest BCUT2D eigenvalue weighted by atomic mass is 19.4. The molecule has 2 atom stereocenters. The Kier molecular flexibility index (Phi) is 4.56. The topological polar surface area (TPSA) is 36.1 Å². The number of benzene rings is 1. The van der Waals surface area contributed by atoms with Crippen LogP contribution in [0.25, 0.3) is 10.9 Å². The number of nitrogens with zero attached hydrogens (tertiary/aromatic N) is 1. The number of nitrogens with one attached hydrogen (secondary N) is 1. The van der Waals surface area contributed by atoms with Gasteiger partial charge in [-0.25, -0.2) is 0 Å². The molecule has 2 unspecified atom stereocenters. The van der Waals surface area contributed by atoms with Gasteiger partial charge in [-0.1, -0.05) is 12.5 Å². The number of fused-ring (bicyclic) bond motifs is 1. The molecule has 1 amide bonds. The van der Waals surface area contributed by atoms with E-state index in [0.717, 1.165) is 16.6 Å². The van der Waals surface area contributed by atoms with Gasteiger partial charge in [0.1, 0.15) is 0 Å². The summed E-state index contributed by atoms with van der Waals surface area (Å²) in [5.74, 6) is -1.58. The summed E-state index contributed by atoms with van der Waals surface area (Å²) < 4.78 is 38.7. The summed E-state index contributed by atoms with van der Waals surface area (Å²) in [6.07, 6.45) is -0.651. The van der Waals surface area contributed by atoms with Gasteiger partial charge in [-0.3, -0.25) is 4.79 Å². The second-order valence-electron chi connectivity index (χ2n) is 6.68. The SMILES string of the molecule is CN(C(=O)CC1CCCC(C(F)(F)F)C1)c1ccc2cc[nH]c2c1. The van der Waals surface area contributed by atoms with Gasteiger partial charge in [-0.15, -0.1) is 0 Å². The smallest absolute Gasteiger partial charge is 0.361 e. The Labute approximate surface area is 138 Å². The van der Waals surface area contributed by atoms with Crippen LogP contribution in [0, 0.1) is 11.8 Å². The van der Waals surface area contributed by atoms with Crippen LogP contribution in [0.1, 0.15) is 32.1 Å². The Bertz CT molecular complexity index is 722. The maximum atomic E-state index is 12.9. The molecule has 1 aliphatic carbocycles. The van der Waals surface area contributed by atoms with Crippen LogP contribution < -0.4 is 4.90 Å². The van der Waals surface area contributed by atoms with E-state index >= 15 is 0 Å². The van der Waals surface area contributed by atoms with Crippen molar-refractivity contribution in [1.29, 1.82) is 0 Å². The van der Waals surface area contributed by atoms with Crippen molar-refractivity contribution in [3.63, 3.8) is 0 Å². The summed E-state index contributed by atoms with van der Waals surface area (Å²) in [5.41, 5.74) is 1.68. The maximum absolute atomic E-state index is 12.9. The van der Waals surface area contributed by atoms with Crippen LogP contribution in [0.15, 0.2) is 30.5 Å². The first-order valence-electron chi connectivity index (χ1n) is 8.25. The molecule has 0 bridgehead atoms. The molecule has 1 aromatic carbocycles. The molecular formula is C18H21F3N2O. The second kappa shape index (κ2) is 6.49. The largest absolute Gasteiger partial charge is 0.391 e. The van der Waals surface area contributed by atoms with E-state index in [4.69, 9.17) is 0 Å². The second-order valence-corrected chi connectivity index (χ2v) is 6.68. The minimum absolute atomic E-state index is 0.0682. The molecule has 3 rings (SSSR count). The highest BCUT2D eigenvalue weighted by Gasteiger charge is 2.42. The first-order chi connectivity index (χ1) is 11.3. The summed E-state index contributed by atoms with van der Waals surface area (Å²) in [6.45, 7) is 0. The van der Waals surface area contributed by atoms with Gasteiger partial charge >= 0.3 is 6.18 Å². The monoisotopic (exact) mass is 338 g/mol. The molecule has 0 radical (unpaired) electrons. The lowest BCUT2D eigenvalue weighted by Gasteiger charge is -2.31. The third kappa shape index (κ3) is 3.57. The number of alkyl halides is 3. The average Bonchev–Trinajstić information content (AvgIpc) is 3.01. The predicted octanol–water partition coefficient (Wildman–Crippen LogP) is 4.89.